The molecule has 2 rings (SSSR count). The van der Waals surface area contributed by atoms with Gasteiger partial charge in [0.25, 0.3) is 0 Å². The Morgan fingerprint density at radius 2 is 2.46 bits per heavy atom. The van der Waals surface area contributed by atoms with Crippen molar-refractivity contribution < 1.29 is 5.11 Å². The molecule has 0 spiro atoms. The molecular weight excluding hydrogens is 164 g/mol. The highest BCUT2D eigenvalue weighted by atomic mass is 16.3. The van der Waals surface area contributed by atoms with Crippen LogP contribution >= 0.6 is 0 Å². The summed E-state index contributed by atoms with van der Waals surface area (Å²) in [5, 5.41) is 13.4. The first-order valence-electron chi connectivity index (χ1n) is 4.65. The van der Waals surface area contributed by atoms with Crippen LogP contribution in [0.4, 0.5) is 0 Å². The molecule has 0 aromatic carbocycles. The lowest BCUT2D eigenvalue weighted by atomic mass is 9.88. The van der Waals surface area contributed by atoms with Crippen molar-refractivity contribution >= 4 is 0 Å². The fraction of sp³-hybridized carbons (Fsp3) is 0.500. The van der Waals surface area contributed by atoms with Gasteiger partial charge in [0.1, 0.15) is 5.60 Å². The van der Waals surface area contributed by atoms with Gasteiger partial charge in [0.2, 0.25) is 0 Å². The number of rotatable bonds is 1. The Labute approximate surface area is 77.8 Å². The van der Waals surface area contributed by atoms with Crippen LogP contribution in [0.1, 0.15) is 18.4 Å². The molecule has 2 heterocycles. The van der Waals surface area contributed by atoms with Crippen molar-refractivity contribution in [2.75, 3.05) is 13.1 Å². The summed E-state index contributed by atoms with van der Waals surface area (Å²) >= 11 is 0. The molecule has 1 saturated heterocycles. The highest BCUT2D eigenvalue weighted by Crippen LogP contribution is 2.27. The van der Waals surface area contributed by atoms with Crippen LogP contribution in [0.25, 0.3) is 0 Å². The molecule has 3 heteroatoms. The molecule has 0 saturated carbocycles. The summed E-state index contributed by atoms with van der Waals surface area (Å²) in [4.78, 5) is 4.02. The van der Waals surface area contributed by atoms with Crippen LogP contribution in [0.3, 0.4) is 0 Å². The lowest BCUT2D eigenvalue weighted by Crippen LogP contribution is -2.43. The number of aromatic nitrogens is 1. The summed E-state index contributed by atoms with van der Waals surface area (Å²) in [5.41, 5.74) is 0.217. The topological polar surface area (TPSA) is 45.2 Å². The molecule has 0 bridgehead atoms. The molecule has 0 amide bonds. The molecule has 1 fully saturated rings. The van der Waals surface area contributed by atoms with E-state index in [4.69, 9.17) is 0 Å². The van der Waals surface area contributed by atoms with E-state index in [1.165, 1.54) is 0 Å². The third-order valence-corrected chi connectivity index (χ3v) is 2.56. The van der Waals surface area contributed by atoms with E-state index in [1.807, 2.05) is 12.1 Å². The summed E-state index contributed by atoms with van der Waals surface area (Å²) in [6.45, 7) is 1.64. The number of aliphatic hydroxyl groups is 1. The fourth-order valence-electron chi connectivity index (χ4n) is 1.77. The molecule has 1 atom stereocenters. The minimum atomic E-state index is -0.702. The Bertz CT molecular complexity index is 268. The first kappa shape index (κ1) is 8.66. The quantitative estimate of drug-likeness (QED) is 0.663. The van der Waals surface area contributed by atoms with Gasteiger partial charge in [-0.3, -0.25) is 4.98 Å². The van der Waals surface area contributed by atoms with E-state index in [9.17, 15) is 5.11 Å². The van der Waals surface area contributed by atoms with Crippen LogP contribution in [-0.2, 0) is 5.60 Å². The molecule has 1 aliphatic rings. The molecule has 70 valence electrons. The number of nitrogens with zero attached hydrogens (tertiary/aromatic N) is 1. The zero-order valence-electron chi connectivity index (χ0n) is 7.53. The smallest absolute Gasteiger partial charge is 0.104 e. The van der Waals surface area contributed by atoms with Crippen LogP contribution in [0.2, 0.25) is 0 Å². The van der Waals surface area contributed by atoms with Crippen molar-refractivity contribution in [3.05, 3.63) is 30.1 Å². The van der Waals surface area contributed by atoms with Gasteiger partial charge in [0, 0.05) is 24.5 Å². The van der Waals surface area contributed by atoms with Gasteiger partial charge in [0.05, 0.1) is 0 Å². The van der Waals surface area contributed by atoms with Crippen LogP contribution < -0.4 is 5.32 Å². The highest BCUT2D eigenvalue weighted by molar-refractivity contribution is 5.19. The Morgan fingerprint density at radius 3 is 3.08 bits per heavy atom. The monoisotopic (exact) mass is 178 g/mol. The number of hydrogen-bond donors (Lipinski definition) is 2. The summed E-state index contributed by atoms with van der Waals surface area (Å²) < 4.78 is 0. The largest absolute Gasteiger partial charge is 0.384 e. The van der Waals surface area contributed by atoms with Gasteiger partial charge in [-0.15, -0.1) is 0 Å². The summed E-state index contributed by atoms with van der Waals surface area (Å²) in [5.74, 6) is 0. The minimum Gasteiger partial charge on any atom is -0.384 e. The number of β-amino-alcohol motifs (C(OH)–C–C–N with tert-alkyl or cyclic N) is 1. The van der Waals surface area contributed by atoms with Crippen LogP contribution in [-0.4, -0.2) is 23.2 Å². The second-order valence-corrected chi connectivity index (χ2v) is 3.55. The second kappa shape index (κ2) is 3.44. The molecule has 2 N–H and O–H groups in total. The summed E-state index contributed by atoms with van der Waals surface area (Å²) in [6.07, 6.45) is 5.31. The molecule has 13 heavy (non-hydrogen) atoms. The minimum absolute atomic E-state index is 0.638. The van der Waals surface area contributed by atoms with Crippen LogP contribution in [0.15, 0.2) is 24.5 Å². The number of nitrogens with one attached hydrogen (secondary N) is 1. The zero-order valence-corrected chi connectivity index (χ0v) is 7.53. The van der Waals surface area contributed by atoms with Crippen molar-refractivity contribution in [2.45, 2.75) is 18.4 Å². The van der Waals surface area contributed by atoms with Crippen molar-refractivity contribution in [3.63, 3.8) is 0 Å². The van der Waals surface area contributed by atoms with E-state index in [0.29, 0.717) is 6.54 Å². The Morgan fingerprint density at radius 1 is 1.54 bits per heavy atom. The molecule has 1 aromatic heterocycles. The maximum Gasteiger partial charge on any atom is 0.104 e. The van der Waals surface area contributed by atoms with Crippen LogP contribution in [0.5, 0.6) is 0 Å². The molecular formula is C10H14N2O. The number of pyridine rings is 1. The number of piperidine rings is 1. The van der Waals surface area contributed by atoms with Crippen molar-refractivity contribution in [3.8, 4) is 0 Å². The van der Waals surface area contributed by atoms with Crippen molar-refractivity contribution in [1.29, 1.82) is 0 Å². The van der Waals surface area contributed by atoms with E-state index >= 15 is 0 Å². The fourth-order valence-corrected chi connectivity index (χ4v) is 1.77. The van der Waals surface area contributed by atoms with Gasteiger partial charge < -0.3 is 10.4 Å². The number of hydrogen-bond acceptors (Lipinski definition) is 3. The van der Waals surface area contributed by atoms with Gasteiger partial charge in [-0.1, -0.05) is 6.07 Å². The Hall–Kier alpha value is -0.930. The maximum absolute atomic E-state index is 10.2. The molecule has 1 aromatic rings. The van der Waals surface area contributed by atoms with Gasteiger partial charge in [-0.2, -0.15) is 0 Å². The third kappa shape index (κ3) is 1.71. The van der Waals surface area contributed by atoms with Gasteiger partial charge in [0.15, 0.2) is 0 Å². The lowest BCUT2D eigenvalue weighted by molar-refractivity contribution is 0.0120. The highest BCUT2D eigenvalue weighted by Gasteiger charge is 2.30. The van der Waals surface area contributed by atoms with Crippen LogP contribution in [0, 0.1) is 0 Å². The SMILES string of the molecule is OC1(c2cccnc2)CCCNC1. The first-order chi connectivity index (χ1) is 6.31. The van der Waals surface area contributed by atoms with E-state index in [2.05, 4.69) is 10.3 Å². The Balaban J connectivity index is 2.23. The summed E-state index contributed by atoms with van der Waals surface area (Å²) in [7, 11) is 0. The van der Waals surface area contributed by atoms with Gasteiger partial charge in [-0.05, 0) is 25.5 Å². The maximum atomic E-state index is 10.2. The molecule has 0 radical (unpaired) electrons. The molecule has 1 unspecified atom stereocenters. The van der Waals surface area contributed by atoms with Crippen molar-refractivity contribution in [1.82, 2.24) is 10.3 Å². The van der Waals surface area contributed by atoms with E-state index in [1.54, 1.807) is 12.4 Å². The predicted molar refractivity (Wildman–Crippen MR) is 50.2 cm³/mol. The molecule has 1 aliphatic heterocycles. The normalized spacial score (nSPS) is 28.7. The Kier molecular flexibility index (Phi) is 2.29. The zero-order chi connectivity index (χ0) is 9.15. The second-order valence-electron chi connectivity index (χ2n) is 3.55. The van der Waals surface area contributed by atoms with E-state index < -0.39 is 5.60 Å². The molecule has 3 nitrogen and oxygen atoms in total. The predicted octanol–water partition coefficient (Wildman–Crippen LogP) is 0.653. The van der Waals surface area contributed by atoms with E-state index in [0.717, 1.165) is 24.9 Å². The van der Waals surface area contributed by atoms with Gasteiger partial charge >= 0.3 is 0 Å². The third-order valence-electron chi connectivity index (χ3n) is 2.56. The first-order valence-corrected chi connectivity index (χ1v) is 4.65. The average Bonchev–Trinajstić information content (AvgIpc) is 2.20. The standard InChI is InChI=1S/C10H14N2O/c13-10(4-2-6-12-8-10)9-3-1-5-11-7-9/h1,3,5,7,12-13H,2,4,6,8H2. The summed E-state index contributed by atoms with van der Waals surface area (Å²) in [6, 6.07) is 3.79. The average molecular weight is 178 g/mol. The molecule has 0 aliphatic carbocycles. The van der Waals surface area contributed by atoms with E-state index in [-0.39, 0.29) is 0 Å². The van der Waals surface area contributed by atoms with Gasteiger partial charge in [-0.25, -0.2) is 0 Å². The van der Waals surface area contributed by atoms with Crippen molar-refractivity contribution in [2.24, 2.45) is 0 Å². The lowest BCUT2D eigenvalue weighted by Gasteiger charge is -2.32.